The molecule has 1 heterocycles. The first-order valence-corrected chi connectivity index (χ1v) is 6.44. The predicted molar refractivity (Wildman–Crippen MR) is 74.6 cm³/mol. The molecule has 0 atom stereocenters. The lowest BCUT2D eigenvalue weighted by Gasteiger charge is -2.10. The summed E-state index contributed by atoms with van der Waals surface area (Å²) < 4.78 is 10.5. The molecule has 2 aromatic rings. The molecule has 0 aliphatic carbocycles. The molecule has 1 N–H and O–H groups in total. The molecule has 0 bridgehead atoms. The maximum absolute atomic E-state index is 11.0. The number of carboxylic acid groups (broad SMARTS) is 1. The molecule has 4 nitrogen and oxygen atoms in total. The SMILES string of the molecule is COc1ccc(-c2cc(C(=O)O)sc2C)c(OC)c1. The van der Waals surface area contributed by atoms with Crippen LogP contribution in [0.2, 0.25) is 0 Å². The number of ether oxygens (including phenoxy) is 2. The lowest BCUT2D eigenvalue weighted by molar-refractivity contribution is 0.0702. The molecular weight excluding hydrogens is 264 g/mol. The number of aromatic carboxylic acids is 1. The smallest absolute Gasteiger partial charge is 0.345 e. The topological polar surface area (TPSA) is 55.8 Å². The molecule has 0 unspecified atom stereocenters. The van der Waals surface area contributed by atoms with Crippen LogP contribution >= 0.6 is 11.3 Å². The number of thiophene rings is 1. The van der Waals surface area contributed by atoms with E-state index in [0.29, 0.717) is 16.4 Å². The predicted octanol–water partition coefficient (Wildman–Crippen LogP) is 3.44. The summed E-state index contributed by atoms with van der Waals surface area (Å²) in [6.45, 7) is 1.90. The van der Waals surface area contributed by atoms with E-state index in [0.717, 1.165) is 16.0 Å². The Labute approximate surface area is 115 Å². The van der Waals surface area contributed by atoms with Crippen LogP contribution in [-0.4, -0.2) is 25.3 Å². The van der Waals surface area contributed by atoms with Crippen LogP contribution in [-0.2, 0) is 0 Å². The van der Waals surface area contributed by atoms with Gasteiger partial charge in [0.1, 0.15) is 16.4 Å². The van der Waals surface area contributed by atoms with Gasteiger partial charge in [-0.15, -0.1) is 11.3 Å². The van der Waals surface area contributed by atoms with Gasteiger partial charge in [-0.2, -0.15) is 0 Å². The lowest BCUT2D eigenvalue weighted by Crippen LogP contribution is -1.91. The van der Waals surface area contributed by atoms with Gasteiger partial charge in [-0.05, 0) is 30.7 Å². The van der Waals surface area contributed by atoms with Gasteiger partial charge in [0.25, 0.3) is 0 Å². The van der Waals surface area contributed by atoms with Crippen molar-refractivity contribution in [2.24, 2.45) is 0 Å². The van der Waals surface area contributed by atoms with Gasteiger partial charge in [0, 0.05) is 16.5 Å². The van der Waals surface area contributed by atoms with Crippen molar-refractivity contribution in [3.63, 3.8) is 0 Å². The van der Waals surface area contributed by atoms with E-state index >= 15 is 0 Å². The van der Waals surface area contributed by atoms with Crippen molar-refractivity contribution in [1.29, 1.82) is 0 Å². The lowest BCUT2D eigenvalue weighted by atomic mass is 10.0. The van der Waals surface area contributed by atoms with Crippen molar-refractivity contribution >= 4 is 17.3 Å². The fraction of sp³-hybridized carbons (Fsp3) is 0.214. The third-order valence-corrected chi connectivity index (χ3v) is 3.87. The second-order valence-electron chi connectivity index (χ2n) is 3.95. The molecule has 1 aromatic carbocycles. The minimum absolute atomic E-state index is 0.324. The van der Waals surface area contributed by atoms with Crippen LogP contribution in [0.3, 0.4) is 0 Å². The van der Waals surface area contributed by atoms with Crippen molar-refractivity contribution < 1.29 is 19.4 Å². The number of rotatable bonds is 4. The number of carboxylic acids is 1. The molecule has 19 heavy (non-hydrogen) atoms. The Morgan fingerprint density at radius 1 is 1.16 bits per heavy atom. The second-order valence-corrected chi connectivity index (χ2v) is 5.21. The summed E-state index contributed by atoms with van der Waals surface area (Å²) in [6.07, 6.45) is 0. The zero-order valence-electron chi connectivity index (χ0n) is 10.9. The molecule has 2 rings (SSSR count). The number of benzene rings is 1. The number of hydrogen-bond acceptors (Lipinski definition) is 4. The van der Waals surface area contributed by atoms with Gasteiger partial charge in [-0.25, -0.2) is 4.79 Å². The third kappa shape index (κ3) is 2.56. The highest BCUT2D eigenvalue weighted by molar-refractivity contribution is 7.14. The van der Waals surface area contributed by atoms with Crippen molar-refractivity contribution in [3.8, 4) is 22.6 Å². The fourth-order valence-corrected chi connectivity index (χ4v) is 2.75. The summed E-state index contributed by atoms with van der Waals surface area (Å²) in [5.41, 5.74) is 1.74. The van der Waals surface area contributed by atoms with Gasteiger partial charge in [0.15, 0.2) is 0 Å². The zero-order chi connectivity index (χ0) is 14.0. The monoisotopic (exact) mass is 278 g/mol. The van der Waals surface area contributed by atoms with E-state index in [1.807, 2.05) is 19.1 Å². The van der Waals surface area contributed by atoms with Gasteiger partial charge in [0.05, 0.1) is 14.2 Å². The van der Waals surface area contributed by atoms with Crippen LogP contribution in [0.4, 0.5) is 0 Å². The van der Waals surface area contributed by atoms with Gasteiger partial charge >= 0.3 is 5.97 Å². The van der Waals surface area contributed by atoms with Crippen molar-refractivity contribution in [2.45, 2.75) is 6.92 Å². The van der Waals surface area contributed by atoms with Crippen molar-refractivity contribution in [3.05, 3.63) is 34.0 Å². The average molecular weight is 278 g/mol. The van der Waals surface area contributed by atoms with E-state index in [-0.39, 0.29) is 0 Å². The summed E-state index contributed by atoms with van der Waals surface area (Å²) in [5, 5.41) is 9.04. The molecule has 100 valence electrons. The largest absolute Gasteiger partial charge is 0.497 e. The summed E-state index contributed by atoms with van der Waals surface area (Å²) in [6, 6.07) is 7.16. The van der Waals surface area contributed by atoms with E-state index in [1.54, 1.807) is 26.4 Å². The fourth-order valence-electron chi connectivity index (χ4n) is 1.88. The van der Waals surface area contributed by atoms with Crippen molar-refractivity contribution in [2.75, 3.05) is 14.2 Å². The number of hydrogen-bond donors (Lipinski definition) is 1. The minimum atomic E-state index is -0.910. The van der Waals surface area contributed by atoms with Gasteiger partial charge < -0.3 is 14.6 Å². The molecule has 5 heteroatoms. The highest BCUT2D eigenvalue weighted by atomic mass is 32.1. The Bertz CT molecular complexity index is 616. The molecule has 0 aliphatic heterocycles. The van der Waals surface area contributed by atoms with Crippen LogP contribution in [0.1, 0.15) is 14.5 Å². The normalized spacial score (nSPS) is 10.3. The number of aryl methyl sites for hydroxylation is 1. The molecule has 0 saturated heterocycles. The van der Waals surface area contributed by atoms with Gasteiger partial charge in [0.2, 0.25) is 0 Å². The summed E-state index contributed by atoms with van der Waals surface area (Å²) in [7, 11) is 3.17. The first-order valence-electron chi connectivity index (χ1n) is 5.63. The van der Waals surface area contributed by atoms with Crippen LogP contribution in [0.5, 0.6) is 11.5 Å². The summed E-state index contributed by atoms with van der Waals surface area (Å²) in [5.74, 6) is 0.455. The highest BCUT2D eigenvalue weighted by Gasteiger charge is 2.15. The first-order chi connectivity index (χ1) is 9.06. The molecule has 0 fully saturated rings. The minimum Gasteiger partial charge on any atom is -0.497 e. The van der Waals surface area contributed by atoms with E-state index in [4.69, 9.17) is 14.6 Å². The van der Waals surface area contributed by atoms with E-state index in [9.17, 15) is 4.79 Å². The quantitative estimate of drug-likeness (QED) is 0.930. The van der Waals surface area contributed by atoms with Gasteiger partial charge in [-0.1, -0.05) is 0 Å². The standard InChI is InChI=1S/C14H14O4S/c1-8-11(7-13(19-8)14(15)16)10-5-4-9(17-2)6-12(10)18-3/h4-7H,1-3H3,(H,15,16). The molecule has 1 aromatic heterocycles. The summed E-state index contributed by atoms with van der Waals surface area (Å²) >= 11 is 1.26. The number of methoxy groups -OCH3 is 2. The average Bonchev–Trinajstić information content (AvgIpc) is 2.80. The molecule has 0 radical (unpaired) electrons. The number of carbonyl (C=O) groups is 1. The van der Waals surface area contributed by atoms with E-state index in [1.165, 1.54) is 11.3 Å². The Balaban J connectivity index is 2.55. The van der Waals surface area contributed by atoms with Crippen molar-refractivity contribution in [1.82, 2.24) is 0 Å². The van der Waals surface area contributed by atoms with Crippen LogP contribution < -0.4 is 9.47 Å². The zero-order valence-corrected chi connectivity index (χ0v) is 11.7. The maximum atomic E-state index is 11.0. The third-order valence-electron chi connectivity index (χ3n) is 2.83. The van der Waals surface area contributed by atoms with Crippen LogP contribution in [0, 0.1) is 6.92 Å². The van der Waals surface area contributed by atoms with E-state index in [2.05, 4.69) is 0 Å². The van der Waals surface area contributed by atoms with Crippen LogP contribution in [0.15, 0.2) is 24.3 Å². The highest BCUT2D eigenvalue weighted by Crippen LogP contribution is 2.38. The van der Waals surface area contributed by atoms with Crippen LogP contribution in [0.25, 0.3) is 11.1 Å². The second kappa shape index (κ2) is 5.32. The Morgan fingerprint density at radius 2 is 1.89 bits per heavy atom. The molecular formula is C14H14O4S. The molecule has 0 amide bonds. The molecule has 0 aliphatic rings. The summed E-state index contributed by atoms with van der Waals surface area (Å²) in [4.78, 5) is 12.3. The molecule has 0 saturated carbocycles. The maximum Gasteiger partial charge on any atom is 0.345 e. The first kappa shape index (κ1) is 13.4. The van der Waals surface area contributed by atoms with Gasteiger partial charge in [-0.3, -0.25) is 0 Å². The Hall–Kier alpha value is -2.01. The molecule has 0 spiro atoms. The Kier molecular flexibility index (Phi) is 3.76. The van der Waals surface area contributed by atoms with E-state index < -0.39 is 5.97 Å². The Morgan fingerprint density at radius 3 is 2.42 bits per heavy atom.